The molecule has 2 rings (SSSR count). The van der Waals surface area contributed by atoms with Crippen molar-refractivity contribution in [3.8, 4) is 0 Å². The van der Waals surface area contributed by atoms with E-state index in [1.807, 2.05) is 6.92 Å². The average molecular weight is 355 g/mol. The molecule has 1 aliphatic heterocycles. The number of nitrogens with zero attached hydrogens (tertiary/aromatic N) is 1. The van der Waals surface area contributed by atoms with Crippen LogP contribution in [0.4, 0.5) is 5.69 Å². The first-order chi connectivity index (χ1) is 10.1. The van der Waals surface area contributed by atoms with Crippen molar-refractivity contribution in [1.29, 1.82) is 0 Å². The van der Waals surface area contributed by atoms with Crippen LogP contribution in [0, 0.1) is 5.92 Å². The molecule has 0 aromatic heterocycles. The highest BCUT2D eigenvalue weighted by atomic mass is 79.9. The number of aliphatic hydroxyl groups is 1. The molecule has 1 fully saturated rings. The predicted molar refractivity (Wildman–Crippen MR) is 92.8 cm³/mol. The second-order valence-electron chi connectivity index (χ2n) is 6.01. The predicted octanol–water partition coefficient (Wildman–Crippen LogP) is 3.55. The minimum Gasteiger partial charge on any atom is -0.393 e. The molecule has 1 atom stereocenters. The molecule has 1 aromatic rings. The van der Waals surface area contributed by atoms with E-state index < -0.39 is 0 Å². The molecule has 1 aromatic carbocycles. The highest BCUT2D eigenvalue weighted by Crippen LogP contribution is 2.30. The summed E-state index contributed by atoms with van der Waals surface area (Å²) in [4.78, 5) is 2.46. The third-order valence-electron chi connectivity index (χ3n) is 4.35. The summed E-state index contributed by atoms with van der Waals surface area (Å²) in [5.74, 6) is 0.454. The molecule has 0 spiro atoms. The van der Waals surface area contributed by atoms with Gasteiger partial charge in [-0.2, -0.15) is 0 Å². The highest BCUT2D eigenvalue weighted by molar-refractivity contribution is 9.10. The Morgan fingerprint density at radius 2 is 2.10 bits per heavy atom. The molecule has 1 aliphatic rings. The second-order valence-corrected chi connectivity index (χ2v) is 6.93. The summed E-state index contributed by atoms with van der Waals surface area (Å²) in [6, 6.07) is 6.56. The SMILES string of the molecule is CCCNCc1ccc(Br)cc1N1CCC(C(C)O)CC1. The van der Waals surface area contributed by atoms with Crippen LogP contribution in [-0.4, -0.2) is 30.8 Å². The molecule has 0 radical (unpaired) electrons. The number of rotatable bonds is 6. The van der Waals surface area contributed by atoms with Crippen molar-refractivity contribution in [2.75, 3.05) is 24.5 Å². The Balaban J connectivity index is 2.06. The third-order valence-corrected chi connectivity index (χ3v) is 4.85. The van der Waals surface area contributed by atoms with Gasteiger partial charge in [-0.05, 0) is 56.3 Å². The minimum absolute atomic E-state index is 0.180. The van der Waals surface area contributed by atoms with E-state index in [0.717, 1.165) is 49.9 Å². The van der Waals surface area contributed by atoms with Crippen molar-refractivity contribution >= 4 is 21.6 Å². The van der Waals surface area contributed by atoms with Crippen molar-refractivity contribution in [2.45, 2.75) is 45.8 Å². The van der Waals surface area contributed by atoms with Crippen LogP contribution in [0.3, 0.4) is 0 Å². The van der Waals surface area contributed by atoms with Crippen LogP contribution in [0.5, 0.6) is 0 Å². The van der Waals surface area contributed by atoms with Crippen molar-refractivity contribution in [3.63, 3.8) is 0 Å². The van der Waals surface area contributed by atoms with Crippen molar-refractivity contribution in [3.05, 3.63) is 28.2 Å². The Labute approximate surface area is 136 Å². The Morgan fingerprint density at radius 3 is 2.71 bits per heavy atom. The monoisotopic (exact) mass is 354 g/mol. The zero-order chi connectivity index (χ0) is 15.2. The molecule has 1 unspecified atom stereocenters. The lowest BCUT2D eigenvalue weighted by Crippen LogP contribution is -2.37. The van der Waals surface area contributed by atoms with E-state index in [0.29, 0.717) is 5.92 Å². The summed E-state index contributed by atoms with van der Waals surface area (Å²) >= 11 is 3.59. The molecule has 3 nitrogen and oxygen atoms in total. The number of benzene rings is 1. The van der Waals surface area contributed by atoms with Gasteiger partial charge >= 0.3 is 0 Å². The van der Waals surface area contributed by atoms with Crippen LogP contribution < -0.4 is 10.2 Å². The molecule has 0 bridgehead atoms. The lowest BCUT2D eigenvalue weighted by atomic mass is 9.91. The first-order valence-corrected chi connectivity index (χ1v) is 8.83. The maximum absolute atomic E-state index is 9.74. The number of piperidine rings is 1. The molecule has 1 heterocycles. The summed E-state index contributed by atoms with van der Waals surface area (Å²) in [6.07, 6.45) is 3.13. The van der Waals surface area contributed by atoms with E-state index in [2.05, 4.69) is 51.3 Å². The van der Waals surface area contributed by atoms with Gasteiger partial charge in [-0.25, -0.2) is 0 Å². The van der Waals surface area contributed by atoms with Crippen LogP contribution >= 0.6 is 15.9 Å². The molecule has 118 valence electrons. The van der Waals surface area contributed by atoms with E-state index in [1.165, 1.54) is 11.3 Å². The van der Waals surface area contributed by atoms with Crippen LogP contribution in [0.2, 0.25) is 0 Å². The van der Waals surface area contributed by atoms with Gasteiger partial charge in [-0.15, -0.1) is 0 Å². The zero-order valence-electron chi connectivity index (χ0n) is 13.1. The van der Waals surface area contributed by atoms with Gasteiger partial charge in [0.05, 0.1) is 6.10 Å². The highest BCUT2D eigenvalue weighted by Gasteiger charge is 2.23. The topological polar surface area (TPSA) is 35.5 Å². The average Bonchev–Trinajstić information content (AvgIpc) is 2.49. The number of anilines is 1. The summed E-state index contributed by atoms with van der Waals surface area (Å²) in [6.45, 7) is 8.15. The quantitative estimate of drug-likeness (QED) is 0.766. The fourth-order valence-electron chi connectivity index (χ4n) is 3.00. The Kier molecular flexibility index (Phi) is 6.52. The summed E-state index contributed by atoms with van der Waals surface area (Å²) < 4.78 is 1.13. The van der Waals surface area contributed by atoms with Gasteiger partial charge in [0.2, 0.25) is 0 Å². The number of aliphatic hydroxyl groups excluding tert-OH is 1. The number of halogens is 1. The van der Waals surface area contributed by atoms with Crippen LogP contribution in [0.15, 0.2) is 22.7 Å². The van der Waals surface area contributed by atoms with E-state index >= 15 is 0 Å². The first-order valence-electron chi connectivity index (χ1n) is 8.04. The normalized spacial score (nSPS) is 18.0. The third kappa shape index (κ3) is 4.70. The molecule has 4 heteroatoms. The van der Waals surface area contributed by atoms with Gasteiger partial charge in [0, 0.05) is 29.8 Å². The van der Waals surface area contributed by atoms with Gasteiger partial charge in [0.15, 0.2) is 0 Å². The van der Waals surface area contributed by atoms with E-state index in [-0.39, 0.29) is 6.10 Å². The van der Waals surface area contributed by atoms with Crippen LogP contribution in [0.1, 0.15) is 38.7 Å². The fourth-order valence-corrected chi connectivity index (χ4v) is 3.35. The molecule has 0 amide bonds. The van der Waals surface area contributed by atoms with Gasteiger partial charge < -0.3 is 15.3 Å². The number of hydrogen-bond donors (Lipinski definition) is 2. The molecule has 2 N–H and O–H groups in total. The molecular weight excluding hydrogens is 328 g/mol. The smallest absolute Gasteiger partial charge is 0.0541 e. The Morgan fingerprint density at radius 1 is 1.38 bits per heavy atom. The maximum Gasteiger partial charge on any atom is 0.0541 e. The molecule has 0 saturated carbocycles. The summed E-state index contributed by atoms with van der Waals surface area (Å²) in [5, 5.41) is 13.2. The summed E-state index contributed by atoms with van der Waals surface area (Å²) in [5.41, 5.74) is 2.69. The van der Waals surface area contributed by atoms with Crippen LogP contribution in [0.25, 0.3) is 0 Å². The van der Waals surface area contributed by atoms with Gasteiger partial charge in [-0.1, -0.05) is 28.9 Å². The second kappa shape index (κ2) is 8.16. The van der Waals surface area contributed by atoms with E-state index in [4.69, 9.17) is 0 Å². The van der Waals surface area contributed by atoms with Crippen molar-refractivity contribution in [2.24, 2.45) is 5.92 Å². The molecule has 21 heavy (non-hydrogen) atoms. The number of hydrogen-bond acceptors (Lipinski definition) is 3. The Bertz CT molecular complexity index is 442. The van der Waals surface area contributed by atoms with Gasteiger partial charge in [-0.3, -0.25) is 0 Å². The van der Waals surface area contributed by atoms with Gasteiger partial charge in [0.25, 0.3) is 0 Å². The standard InChI is InChI=1S/C17H27BrN2O/c1-3-8-19-12-15-4-5-16(18)11-17(15)20-9-6-14(7-10-20)13(2)21/h4-5,11,13-14,19,21H,3,6-10,12H2,1-2H3. The molecule has 0 aliphatic carbocycles. The van der Waals surface area contributed by atoms with Crippen LogP contribution in [-0.2, 0) is 6.54 Å². The molecular formula is C17H27BrN2O. The fraction of sp³-hybridized carbons (Fsp3) is 0.647. The largest absolute Gasteiger partial charge is 0.393 e. The maximum atomic E-state index is 9.74. The number of nitrogens with one attached hydrogen (secondary N) is 1. The van der Waals surface area contributed by atoms with Gasteiger partial charge in [0.1, 0.15) is 0 Å². The molecule has 1 saturated heterocycles. The summed E-state index contributed by atoms with van der Waals surface area (Å²) in [7, 11) is 0. The zero-order valence-corrected chi connectivity index (χ0v) is 14.7. The van der Waals surface area contributed by atoms with Crippen molar-refractivity contribution < 1.29 is 5.11 Å². The minimum atomic E-state index is -0.180. The lowest BCUT2D eigenvalue weighted by molar-refractivity contribution is 0.110. The Hall–Kier alpha value is -0.580. The van der Waals surface area contributed by atoms with Crippen molar-refractivity contribution in [1.82, 2.24) is 5.32 Å². The van der Waals surface area contributed by atoms with E-state index in [1.54, 1.807) is 0 Å². The lowest BCUT2D eigenvalue weighted by Gasteiger charge is -2.36. The first kappa shape index (κ1) is 16.8. The van der Waals surface area contributed by atoms with E-state index in [9.17, 15) is 5.11 Å².